The van der Waals surface area contributed by atoms with Crippen molar-refractivity contribution in [2.75, 3.05) is 5.32 Å². The van der Waals surface area contributed by atoms with E-state index in [9.17, 15) is 4.79 Å². The first-order valence-corrected chi connectivity index (χ1v) is 8.49. The maximum absolute atomic E-state index is 12.4. The van der Waals surface area contributed by atoms with Crippen molar-refractivity contribution in [1.29, 1.82) is 0 Å². The van der Waals surface area contributed by atoms with Crippen molar-refractivity contribution in [1.82, 2.24) is 4.98 Å². The molecule has 4 nitrogen and oxygen atoms in total. The van der Waals surface area contributed by atoms with Crippen LogP contribution in [-0.4, -0.2) is 16.1 Å². The van der Waals surface area contributed by atoms with Crippen LogP contribution in [0.25, 0.3) is 10.9 Å². The number of benzene rings is 1. The molecule has 0 aliphatic carbocycles. The zero-order chi connectivity index (χ0) is 16.2. The molecule has 1 N–H and O–H groups in total. The summed E-state index contributed by atoms with van der Waals surface area (Å²) in [7, 11) is 0. The summed E-state index contributed by atoms with van der Waals surface area (Å²) in [5, 5.41) is 3.80. The van der Waals surface area contributed by atoms with Crippen molar-refractivity contribution >= 4 is 34.3 Å². The van der Waals surface area contributed by atoms with Crippen LogP contribution in [0.5, 0.6) is 0 Å². The first-order chi connectivity index (χ1) is 11.1. The minimum atomic E-state index is -0.174. The van der Waals surface area contributed by atoms with Crippen LogP contribution in [0, 0.1) is 6.92 Å². The fourth-order valence-electron chi connectivity index (χ4n) is 2.32. The zero-order valence-corrected chi connectivity index (χ0v) is 13.9. The SMILES string of the molecule is Cc1cc(NC(=O)C(C)SCc2ccco2)c2ccccc2n1. The summed E-state index contributed by atoms with van der Waals surface area (Å²) >= 11 is 1.55. The molecule has 5 heteroatoms. The Balaban J connectivity index is 1.72. The maximum Gasteiger partial charge on any atom is 0.237 e. The van der Waals surface area contributed by atoms with Gasteiger partial charge in [-0.3, -0.25) is 9.78 Å². The van der Waals surface area contributed by atoms with Gasteiger partial charge in [0.1, 0.15) is 5.76 Å². The average Bonchev–Trinajstić information content (AvgIpc) is 3.05. The molecule has 0 spiro atoms. The van der Waals surface area contributed by atoms with E-state index in [4.69, 9.17) is 4.42 Å². The monoisotopic (exact) mass is 326 g/mol. The maximum atomic E-state index is 12.4. The number of para-hydroxylation sites is 1. The van der Waals surface area contributed by atoms with Crippen molar-refractivity contribution in [3.05, 3.63) is 60.2 Å². The van der Waals surface area contributed by atoms with Crippen LogP contribution in [0.3, 0.4) is 0 Å². The largest absolute Gasteiger partial charge is 0.468 e. The van der Waals surface area contributed by atoms with E-state index in [2.05, 4.69) is 10.3 Å². The molecule has 1 amide bonds. The minimum absolute atomic E-state index is 0.0164. The van der Waals surface area contributed by atoms with Crippen LogP contribution in [-0.2, 0) is 10.5 Å². The van der Waals surface area contributed by atoms with Gasteiger partial charge < -0.3 is 9.73 Å². The number of hydrogen-bond donors (Lipinski definition) is 1. The first kappa shape index (κ1) is 15.6. The number of fused-ring (bicyclic) bond motifs is 1. The topological polar surface area (TPSA) is 55.1 Å². The quantitative estimate of drug-likeness (QED) is 0.755. The lowest BCUT2D eigenvalue weighted by Gasteiger charge is -2.13. The average molecular weight is 326 g/mol. The second-order valence-corrected chi connectivity index (χ2v) is 6.68. The highest BCUT2D eigenvalue weighted by molar-refractivity contribution is 7.99. The fraction of sp³-hybridized carbons (Fsp3) is 0.222. The highest BCUT2D eigenvalue weighted by Gasteiger charge is 2.16. The molecule has 0 aliphatic rings. The van der Waals surface area contributed by atoms with Crippen molar-refractivity contribution in [3.8, 4) is 0 Å². The van der Waals surface area contributed by atoms with Crippen molar-refractivity contribution < 1.29 is 9.21 Å². The number of anilines is 1. The molecule has 118 valence electrons. The lowest BCUT2D eigenvalue weighted by atomic mass is 10.1. The summed E-state index contributed by atoms with van der Waals surface area (Å²) < 4.78 is 5.29. The number of rotatable bonds is 5. The van der Waals surface area contributed by atoms with Crippen LogP contribution < -0.4 is 5.32 Å². The van der Waals surface area contributed by atoms with Gasteiger partial charge in [-0.25, -0.2) is 0 Å². The molecule has 1 atom stereocenters. The highest BCUT2D eigenvalue weighted by Crippen LogP contribution is 2.25. The Morgan fingerprint density at radius 2 is 2.13 bits per heavy atom. The molecule has 3 rings (SSSR count). The molecule has 0 bridgehead atoms. The van der Waals surface area contributed by atoms with Gasteiger partial charge in [0.05, 0.1) is 28.5 Å². The molecule has 1 unspecified atom stereocenters. The normalized spacial score (nSPS) is 12.3. The van der Waals surface area contributed by atoms with E-state index in [0.29, 0.717) is 5.75 Å². The number of aromatic nitrogens is 1. The van der Waals surface area contributed by atoms with Gasteiger partial charge in [-0.1, -0.05) is 18.2 Å². The van der Waals surface area contributed by atoms with Crippen LogP contribution in [0.4, 0.5) is 5.69 Å². The standard InChI is InChI=1S/C18H18N2O2S/c1-12-10-17(15-7-3-4-8-16(15)19-12)20-18(21)13(2)23-11-14-6-5-9-22-14/h3-10,13H,11H2,1-2H3,(H,19,20,21). The van der Waals surface area contributed by atoms with Crippen LogP contribution >= 0.6 is 11.8 Å². The third-order valence-corrected chi connectivity index (χ3v) is 4.69. The molecule has 0 fully saturated rings. The van der Waals surface area contributed by atoms with Crippen molar-refractivity contribution in [2.45, 2.75) is 24.9 Å². The number of pyridine rings is 1. The number of amides is 1. The molecule has 0 radical (unpaired) electrons. The lowest BCUT2D eigenvalue weighted by Crippen LogP contribution is -2.22. The molecule has 0 aliphatic heterocycles. The van der Waals surface area contributed by atoms with Crippen LogP contribution in [0.1, 0.15) is 18.4 Å². The Labute approximate surface area is 139 Å². The molecule has 3 aromatic rings. The van der Waals surface area contributed by atoms with Gasteiger partial charge >= 0.3 is 0 Å². The number of furan rings is 1. The van der Waals surface area contributed by atoms with Crippen molar-refractivity contribution in [3.63, 3.8) is 0 Å². The van der Waals surface area contributed by atoms with Gasteiger partial charge in [-0.2, -0.15) is 0 Å². The van der Waals surface area contributed by atoms with Gasteiger partial charge in [-0.05, 0) is 38.1 Å². The van der Waals surface area contributed by atoms with Crippen LogP contribution in [0.15, 0.2) is 53.1 Å². The Morgan fingerprint density at radius 1 is 1.30 bits per heavy atom. The summed E-state index contributed by atoms with van der Waals surface area (Å²) in [5.41, 5.74) is 2.58. The van der Waals surface area contributed by atoms with Gasteiger partial charge in [-0.15, -0.1) is 11.8 Å². The molecule has 0 saturated carbocycles. The fourth-order valence-corrected chi connectivity index (χ4v) is 3.11. The molecular formula is C18H18N2O2S. The van der Waals surface area contributed by atoms with E-state index in [1.165, 1.54) is 0 Å². The van der Waals surface area contributed by atoms with Gasteiger partial charge in [0.2, 0.25) is 5.91 Å². The second-order valence-electron chi connectivity index (χ2n) is 5.35. The molecule has 23 heavy (non-hydrogen) atoms. The van der Waals surface area contributed by atoms with E-state index in [0.717, 1.165) is 28.0 Å². The smallest absolute Gasteiger partial charge is 0.237 e. The number of nitrogens with one attached hydrogen (secondary N) is 1. The summed E-state index contributed by atoms with van der Waals surface area (Å²) in [4.78, 5) is 16.9. The van der Waals surface area contributed by atoms with Crippen LogP contribution in [0.2, 0.25) is 0 Å². The molecule has 2 aromatic heterocycles. The molecular weight excluding hydrogens is 308 g/mol. The Kier molecular flexibility index (Phi) is 4.67. The third-order valence-electron chi connectivity index (χ3n) is 3.53. The predicted molar refractivity (Wildman–Crippen MR) is 94.6 cm³/mol. The second kappa shape index (κ2) is 6.87. The van der Waals surface area contributed by atoms with E-state index < -0.39 is 0 Å². The molecule has 2 heterocycles. The number of hydrogen-bond acceptors (Lipinski definition) is 4. The number of aryl methyl sites for hydroxylation is 1. The summed E-state index contributed by atoms with van der Waals surface area (Å²) in [5.74, 6) is 1.54. The van der Waals surface area contributed by atoms with Gasteiger partial charge in [0, 0.05) is 11.1 Å². The zero-order valence-electron chi connectivity index (χ0n) is 13.1. The molecule has 1 aromatic carbocycles. The van der Waals surface area contributed by atoms with E-state index in [1.807, 2.05) is 56.3 Å². The molecule has 0 saturated heterocycles. The lowest BCUT2D eigenvalue weighted by molar-refractivity contribution is -0.115. The number of carbonyl (C=O) groups excluding carboxylic acids is 1. The summed E-state index contributed by atoms with van der Waals surface area (Å²) in [6.07, 6.45) is 1.65. The van der Waals surface area contributed by atoms with E-state index in [-0.39, 0.29) is 11.2 Å². The highest BCUT2D eigenvalue weighted by atomic mass is 32.2. The minimum Gasteiger partial charge on any atom is -0.468 e. The summed E-state index contributed by atoms with van der Waals surface area (Å²) in [6, 6.07) is 13.5. The number of nitrogens with zero attached hydrogens (tertiary/aromatic N) is 1. The summed E-state index contributed by atoms with van der Waals surface area (Å²) in [6.45, 7) is 3.83. The van der Waals surface area contributed by atoms with E-state index in [1.54, 1.807) is 18.0 Å². The van der Waals surface area contributed by atoms with Gasteiger partial charge in [0.25, 0.3) is 0 Å². The Morgan fingerprint density at radius 3 is 2.91 bits per heavy atom. The predicted octanol–water partition coefficient (Wildman–Crippen LogP) is 4.40. The van der Waals surface area contributed by atoms with E-state index >= 15 is 0 Å². The number of thioether (sulfide) groups is 1. The Bertz CT molecular complexity index is 815. The number of carbonyl (C=O) groups is 1. The third kappa shape index (κ3) is 3.74. The van der Waals surface area contributed by atoms with Crippen molar-refractivity contribution in [2.24, 2.45) is 0 Å². The van der Waals surface area contributed by atoms with Gasteiger partial charge in [0.15, 0.2) is 0 Å². The first-order valence-electron chi connectivity index (χ1n) is 7.45. The Hall–Kier alpha value is -2.27.